The summed E-state index contributed by atoms with van der Waals surface area (Å²) in [4.78, 5) is 35.3. The van der Waals surface area contributed by atoms with Crippen molar-refractivity contribution in [3.63, 3.8) is 0 Å². The van der Waals surface area contributed by atoms with E-state index in [4.69, 9.17) is 4.74 Å². The van der Waals surface area contributed by atoms with Crippen LogP contribution in [0.4, 0.5) is 11.4 Å². The van der Waals surface area contributed by atoms with E-state index >= 15 is 0 Å². The van der Waals surface area contributed by atoms with E-state index in [1.54, 1.807) is 31.2 Å². The number of aromatic nitrogens is 6. The molecule has 0 aromatic carbocycles. The van der Waals surface area contributed by atoms with Crippen LogP contribution in [0, 0.1) is 10.1 Å². The SMILES string of the molecule is COc1nn(CCC(=O)Nc2cnn(C)c2C(=O)NCc2cnn(C)c2)cc1[N+](=O)[O-]. The zero-order valence-corrected chi connectivity index (χ0v) is 17.1. The Balaban J connectivity index is 1.60. The molecule has 0 aliphatic rings. The molecule has 14 nitrogen and oxygen atoms in total. The fraction of sp³-hybridized carbons (Fsp3) is 0.353. The van der Waals surface area contributed by atoms with Gasteiger partial charge in [0.05, 0.1) is 36.7 Å². The van der Waals surface area contributed by atoms with Gasteiger partial charge in [0.25, 0.3) is 5.91 Å². The van der Waals surface area contributed by atoms with Crippen molar-refractivity contribution >= 4 is 23.2 Å². The topological polar surface area (TPSA) is 164 Å². The van der Waals surface area contributed by atoms with E-state index in [9.17, 15) is 19.7 Å². The number of methoxy groups -OCH3 is 1. The van der Waals surface area contributed by atoms with Crippen LogP contribution in [0.1, 0.15) is 22.5 Å². The van der Waals surface area contributed by atoms with E-state index in [0.717, 1.165) is 5.56 Å². The number of amides is 2. The Kier molecular flexibility index (Phi) is 6.28. The quantitative estimate of drug-likeness (QED) is 0.359. The molecule has 0 radical (unpaired) electrons. The number of hydrogen-bond acceptors (Lipinski definition) is 8. The first-order valence-electron chi connectivity index (χ1n) is 9.12. The smallest absolute Gasteiger partial charge is 0.350 e. The number of anilines is 1. The monoisotopic (exact) mass is 431 g/mol. The molecule has 0 aliphatic heterocycles. The van der Waals surface area contributed by atoms with Crippen LogP contribution in [-0.4, -0.2) is 53.2 Å². The molecule has 164 valence electrons. The number of aryl methyl sites for hydroxylation is 3. The van der Waals surface area contributed by atoms with Crippen molar-refractivity contribution in [2.75, 3.05) is 12.4 Å². The third-order valence-corrected chi connectivity index (χ3v) is 4.31. The third-order valence-electron chi connectivity index (χ3n) is 4.31. The van der Waals surface area contributed by atoms with E-state index < -0.39 is 16.7 Å². The Bertz CT molecular complexity index is 1110. The van der Waals surface area contributed by atoms with Gasteiger partial charge in [-0.2, -0.15) is 10.2 Å². The lowest BCUT2D eigenvalue weighted by molar-refractivity contribution is -0.385. The lowest BCUT2D eigenvalue weighted by Gasteiger charge is -2.08. The van der Waals surface area contributed by atoms with Gasteiger partial charge in [-0.25, -0.2) is 0 Å². The van der Waals surface area contributed by atoms with Crippen molar-refractivity contribution in [2.45, 2.75) is 19.5 Å². The van der Waals surface area contributed by atoms with Gasteiger partial charge in [-0.1, -0.05) is 0 Å². The maximum Gasteiger partial charge on any atom is 0.350 e. The second-order valence-electron chi connectivity index (χ2n) is 6.58. The number of nitro groups is 1. The average Bonchev–Trinajstić information content (AvgIpc) is 3.43. The summed E-state index contributed by atoms with van der Waals surface area (Å²) in [7, 11) is 4.64. The number of rotatable bonds is 9. The zero-order valence-electron chi connectivity index (χ0n) is 17.1. The fourth-order valence-electron chi connectivity index (χ4n) is 2.83. The van der Waals surface area contributed by atoms with Crippen molar-refractivity contribution in [1.29, 1.82) is 0 Å². The maximum absolute atomic E-state index is 12.6. The summed E-state index contributed by atoms with van der Waals surface area (Å²) in [5, 5.41) is 28.3. The number of hydrogen-bond donors (Lipinski definition) is 2. The van der Waals surface area contributed by atoms with E-state index in [2.05, 4.69) is 25.9 Å². The van der Waals surface area contributed by atoms with Gasteiger partial charge in [-0.3, -0.25) is 33.7 Å². The highest BCUT2D eigenvalue weighted by Crippen LogP contribution is 2.24. The fourth-order valence-corrected chi connectivity index (χ4v) is 2.83. The van der Waals surface area contributed by atoms with E-state index in [1.165, 1.54) is 28.9 Å². The van der Waals surface area contributed by atoms with Gasteiger partial charge in [0, 0.05) is 38.8 Å². The molecule has 0 atom stereocenters. The van der Waals surface area contributed by atoms with Gasteiger partial charge in [-0.15, -0.1) is 5.10 Å². The van der Waals surface area contributed by atoms with Crippen LogP contribution in [0.15, 0.2) is 24.8 Å². The van der Waals surface area contributed by atoms with Crippen molar-refractivity contribution < 1.29 is 19.2 Å². The summed E-state index contributed by atoms with van der Waals surface area (Å²) in [6, 6.07) is 0. The standard InChI is InChI=1S/C17H21N9O5/c1-23-9-11(7-19-23)6-18-16(28)15-12(8-20-24(15)2)21-14(27)4-5-25-10-13(26(29)30)17(22-25)31-3/h7-10H,4-6H2,1-3H3,(H,18,28)(H,21,27). The molecule has 3 rings (SSSR count). The van der Waals surface area contributed by atoms with Crippen LogP contribution >= 0.6 is 0 Å². The molecule has 31 heavy (non-hydrogen) atoms. The highest BCUT2D eigenvalue weighted by atomic mass is 16.6. The van der Waals surface area contributed by atoms with Gasteiger partial charge < -0.3 is 15.4 Å². The Labute approximate surface area is 175 Å². The Morgan fingerprint density at radius 1 is 1.23 bits per heavy atom. The van der Waals surface area contributed by atoms with Crippen LogP contribution in [-0.2, 0) is 32.0 Å². The van der Waals surface area contributed by atoms with Crippen molar-refractivity contribution in [2.24, 2.45) is 14.1 Å². The molecule has 0 unspecified atom stereocenters. The number of carbonyl (C=O) groups is 2. The van der Waals surface area contributed by atoms with Crippen LogP contribution in [0.3, 0.4) is 0 Å². The minimum absolute atomic E-state index is 0.0341. The molecular weight excluding hydrogens is 410 g/mol. The zero-order chi connectivity index (χ0) is 22.5. The molecule has 3 heterocycles. The Morgan fingerprint density at radius 2 is 2.00 bits per heavy atom. The van der Waals surface area contributed by atoms with Crippen molar-refractivity contribution in [1.82, 2.24) is 34.7 Å². The molecule has 0 bridgehead atoms. The molecule has 0 fully saturated rings. The highest BCUT2D eigenvalue weighted by molar-refractivity contribution is 6.02. The number of nitrogens with one attached hydrogen (secondary N) is 2. The second-order valence-corrected chi connectivity index (χ2v) is 6.58. The molecule has 2 N–H and O–H groups in total. The van der Waals surface area contributed by atoms with Crippen molar-refractivity contribution in [3.05, 3.63) is 46.2 Å². The van der Waals surface area contributed by atoms with Crippen LogP contribution in [0.25, 0.3) is 0 Å². The first-order valence-corrected chi connectivity index (χ1v) is 9.12. The summed E-state index contributed by atoms with van der Waals surface area (Å²) in [5.74, 6) is -0.955. The molecule has 0 saturated carbocycles. The van der Waals surface area contributed by atoms with Crippen LogP contribution in [0.2, 0.25) is 0 Å². The lowest BCUT2D eigenvalue weighted by atomic mass is 10.3. The predicted molar refractivity (Wildman–Crippen MR) is 106 cm³/mol. The molecule has 0 saturated heterocycles. The van der Waals surface area contributed by atoms with Gasteiger partial charge in [0.15, 0.2) is 0 Å². The molecular formula is C17H21N9O5. The predicted octanol–water partition coefficient (Wildman–Crippen LogP) is 0.226. The molecule has 3 aromatic heterocycles. The van der Waals surface area contributed by atoms with Crippen LogP contribution in [0.5, 0.6) is 5.88 Å². The summed E-state index contributed by atoms with van der Waals surface area (Å²) in [6.45, 7) is 0.351. The third kappa shape index (κ3) is 5.04. The molecule has 14 heteroatoms. The summed E-state index contributed by atoms with van der Waals surface area (Å²) in [5.41, 5.74) is 0.976. The van der Waals surface area contributed by atoms with Crippen molar-refractivity contribution in [3.8, 4) is 5.88 Å². The largest absolute Gasteiger partial charge is 0.475 e. The van der Waals surface area contributed by atoms with Gasteiger partial charge >= 0.3 is 11.6 Å². The first kappa shape index (κ1) is 21.5. The minimum Gasteiger partial charge on any atom is -0.475 e. The van der Waals surface area contributed by atoms with Crippen LogP contribution < -0.4 is 15.4 Å². The molecule has 0 aliphatic carbocycles. The van der Waals surface area contributed by atoms with Gasteiger partial charge in [0.1, 0.15) is 11.9 Å². The second kappa shape index (κ2) is 9.06. The summed E-state index contributed by atoms with van der Waals surface area (Å²) in [6.07, 6.45) is 5.95. The maximum atomic E-state index is 12.6. The molecule has 3 aromatic rings. The van der Waals surface area contributed by atoms with E-state index in [0.29, 0.717) is 0 Å². The molecule has 2 amide bonds. The average molecular weight is 431 g/mol. The number of ether oxygens (including phenoxy) is 1. The highest BCUT2D eigenvalue weighted by Gasteiger charge is 2.21. The number of carbonyl (C=O) groups excluding carboxylic acids is 2. The van der Waals surface area contributed by atoms with E-state index in [-0.39, 0.29) is 42.5 Å². The Hall–Kier alpha value is -4.23. The first-order chi connectivity index (χ1) is 14.8. The van der Waals surface area contributed by atoms with Gasteiger partial charge in [0.2, 0.25) is 5.91 Å². The summed E-state index contributed by atoms with van der Waals surface area (Å²) < 4.78 is 9.09. The molecule has 0 spiro atoms. The minimum atomic E-state index is -0.617. The van der Waals surface area contributed by atoms with Gasteiger partial charge in [-0.05, 0) is 0 Å². The normalized spacial score (nSPS) is 10.7. The van der Waals surface area contributed by atoms with E-state index in [1.807, 2.05) is 0 Å². The lowest BCUT2D eigenvalue weighted by Crippen LogP contribution is -2.26. The Morgan fingerprint density at radius 3 is 2.61 bits per heavy atom. The summed E-state index contributed by atoms with van der Waals surface area (Å²) >= 11 is 0. The number of nitrogens with zero attached hydrogens (tertiary/aromatic N) is 7.